The lowest BCUT2D eigenvalue weighted by Gasteiger charge is -2.11. The predicted octanol–water partition coefficient (Wildman–Crippen LogP) is 3.75. The normalized spacial score (nSPS) is 15.1. The summed E-state index contributed by atoms with van der Waals surface area (Å²) in [5, 5.41) is 1.10. The van der Waals surface area contributed by atoms with Crippen molar-refractivity contribution in [3.8, 4) is 0 Å². The molecule has 1 heterocycles. The van der Waals surface area contributed by atoms with E-state index >= 15 is 0 Å². The maximum absolute atomic E-state index is 5.38. The number of fused-ring (bicyclic) bond motifs is 1. The number of pyridine rings is 1. The van der Waals surface area contributed by atoms with Crippen LogP contribution in [0.2, 0.25) is 0 Å². The van der Waals surface area contributed by atoms with Crippen LogP contribution in [0, 0.1) is 6.07 Å². The van der Waals surface area contributed by atoms with Gasteiger partial charge in [0, 0.05) is 28.4 Å². The van der Waals surface area contributed by atoms with Gasteiger partial charge in [0.15, 0.2) is 0 Å². The summed E-state index contributed by atoms with van der Waals surface area (Å²) in [5.41, 5.74) is 3.19. The van der Waals surface area contributed by atoms with E-state index in [2.05, 4.69) is 29.3 Å². The molecule has 0 amide bonds. The van der Waals surface area contributed by atoms with Gasteiger partial charge in [-0.05, 0) is 29.8 Å². The van der Waals surface area contributed by atoms with Gasteiger partial charge in [-0.1, -0.05) is 36.5 Å². The summed E-state index contributed by atoms with van der Waals surface area (Å²) in [6, 6.07) is 11.0. The fourth-order valence-corrected chi connectivity index (χ4v) is 2.24. The van der Waals surface area contributed by atoms with E-state index in [0.29, 0.717) is 0 Å². The van der Waals surface area contributed by atoms with Crippen LogP contribution in [0.15, 0.2) is 48.7 Å². The molecule has 0 unspecified atom stereocenters. The second kappa shape index (κ2) is 4.22. The summed E-state index contributed by atoms with van der Waals surface area (Å²) in [7, 11) is 0. The van der Waals surface area contributed by atoms with Crippen LogP contribution < -0.4 is 0 Å². The Bertz CT molecular complexity index is 653. The van der Waals surface area contributed by atoms with Crippen molar-refractivity contribution in [3.05, 3.63) is 60.3 Å². The quantitative estimate of drug-likeness (QED) is 0.699. The molecule has 0 saturated heterocycles. The van der Waals surface area contributed by atoms with Crippen molar-refractivity contribution >= 4 is 33.6 Å². The maximum Gasteiger partial charge on any atom is 0.0702 e. The molecule has 2 aromatic rings. The minimum Gasteiger partial charge on any atom is -0.256 e. The molecule has 1 nitrogen and oxygen atoms in total. The van der Waals surface area contributed by atoms with Crippen LogP contribution in [-0.4, -0.2) is 9.85 Å². The highest BCUT2D eigenvalue weighted by atomic mass is 32.1. The summed E-state index contributed by atoms with van der Waals surface area (Å²) in [5.74, 6) is 0. The van der Waals surface area contributed by atoms with E-state index in [1.807, 2.05) is 30.5 Å². The van der Waals surface area contributed by atoms with Crippen LogP contribution in [0.25, 0.3) is 16.5 Å². The van der Waals surface area contributed by atoms with Gasteiger partial charge in [0.05, 0.1) is 5.52 Å². The average molecular weight is 236 g/mol. The van der Waals surface area contributed by atoms with E-state index in [1.54, 1.807) is 0 Å². The van der Waals surface area contributed by atoms with E-state index in [1.165, 1.54) is 0 Å². The molecule has 1 aromatic carbocycles. The molecule has 0 bridgehead atoms. The van der Waals surface area contributed by atoms with Gasteiger partial charge in [0.25, 0.3) is 0 Å². The van der Waals surface area contributed by atoms with Crippen LogP contribution in [0.3, 0.4) is 0 Å². The number of rotatable bonds is 1. The first-order chi connectivity index (χ1) is 8.34. The Balaban J connectivity index is 2.15. The number of hydrogen-bond acceptors (Lipinski definition) is 2. The molecule has 2 heteroatoms. The molecule has 3 rings (SSSR count). The van der Waals surface area contributed by atoms with Crippen molar-refractivity contribution in [3.63, 3.8) is 0 Å². The van der Waals surface area contributed by atoms with Crippen LogP contribution >= 0.6 is 12.2 Å². The Hall–Kier alpha value is -1.80. The predicted molar refractivity (Wildman–Crippen MR) is 74.9 cm³/mol. The van der Waals surface area contributed by atoms with Crippen LogP contribution in [0.5, 0.6) is 0 Å². The highest BCUT2D eigenvalue weighted by Gasteiger charge is 2.09. The third-order valence-corrected chi connectivity index (χ3v) is 3.23. The molecule has 0 saturated carbocycles. The third kappa shape index (κ3) is 1.92. The zero-order valence-electron chi connectivity index (χ0n) is 9.18. The average Bonchev–Trinajstić information content (AvgIpc) is 2.39. The number of benzene rings is 1. The van der Waals surface area contributed by atoms with E-state index < -0.39 is 0 Å². The Kier molecular flexibility index (Phi) is 2.57. The first-order valence-electron chi connectivity index (χ1n) is 5.51. The van der Waals surface area contributed by atoms with Crippen LogP contribution in [-0.2, 0) is 0 Å². The first kappa shape index (κ1) is 10.4. The Morgan fingerprint density at radius 1 is 1.35 bits per heavy atom. The van der Waals surface area contributed by atoms with Crippen molar-refractivity contribution in [2.45, 2.75) is 6.42 Å². The number of allylic oxidation sites excluding steroid dienone is 4. The van der Waals surface area contributed by atoms with Crippen molar-refractivity contribution in [1.82, 2.24) is 4.98 Å². The first-order valence-corrected chi connectivity index (χ1v) is 5.92. The second-order valence-corrected chi connectivity index (χ2v) is 4.47. The summed E-state index contributed by atoms with van der Waals surface area (Å²) in [6.45, 7) is 0. The van der Waals surface area contributed by atoms with Crippen molar-refractivity contribution in [2.24, 2.45) is 0 Å². The van der Waals surface area contributed by atoms with Gasteiger partial charge in [0.1, 0.15) is 0 Å². The number of nitrogens with zero attached hydrogens (tertiary/aromatic N) is 1. The Morgan fingerprint density at radius 2 is 2.29 bits per heavy atom. The number of thiocarbonyl (C=S) groups is 1. The smallest absolute Gasteiger partial charge is 0.0702 e. The molecule has 1 aliphatic rings. The summed E-state index contributed by atoms with van der Waals surface area (Å²) < 4.78 is 0. The van der Waals surface area contributed by atoms with E-state index in [4.69, 9.17) is 12.2 Å². The lowest BCUT2D eigenvalue weighted by molar-refractivity contribution is 1.38. The standard InChI is InChI=1S/C15H10NS/c17-15-8-4-2-6-13(15)12-9-11-5-1-3-7-14(11)16-10-12/h2-7,9-10H,8H2. The molecule has 17 heavy (non-hydrogen) atoms. The van der Waals surface area contributed by atoms with Crippen LogP contribution in [0.1, 0.15) is 12.0 Å². The highest BCUT2D eigenvalue weighted by Crippen LogP contribution is 2.23. The number of aromatic nitrogens is 1. The molecule has 1 radical (unpaired) electrons. The summed E-state index contributed by atoms with van der Waals surface area (Å²) >= 11 is 5.38. The molecule has 0 N–H and O–H groups in total. The molecule has 1 aliphatic carbocycles. The molecule has 81 valence electrons. The van der Waals surface area contributed by atoms with Gasteiger partial charge >= 0.3 is 0 Å². The van der Waals surface area contributed by atoms with Gasteiger partial charge in [-0.25, -0.2) is 0 Å². The van der Waals surface area contributed by atoms with Crippen LogP contribution in [0.4, 0.5) is 0 Å². The van der Waals surface area contributed by atoms with Gasteiger partial charge in [-0.15, -0.1) is 0 Å². The molecule has 1 aromatic heterocycles. The fraction of sp³-hybridized carbons (Fsp3) is 0.0667. The fourth-order valence-electron chi connectivity index (χ4n) is 1.96. The highest BCUT2D eigenvalue weighted by molar-refractivity contribution is 7.81. The van der Waals surface area contributed by atoms with E-state index in [9.17, 15) is 0 Å². The Morgan fingerprint density at radius 3 is 3.18 bits per heavy atom. The molecule has 0 atom stereocenters. The largest absolute Gasteiger partial charge is 0.256 e. The molecular weight excluding hydrogens is 226 g/mol. The van der Waals surface area contributed by atoms with E-state index in [0.717, 1.165) is 33.3 Å². The lowest BCUT2D eigenvalue weighted by Crippen LogP contribution is -2.01. The van der Waals surface area contributed by atoms with E-state index in [-0.39, 0.29) is 0 Å². The van der Waals surface area contributed by atoms with Crippen molar-refractivity contribution in [1.29, 1.82) is 0 Å². The number of hydrogen-bond donors (Lipinski definition) is 0. The minimum atomic E-state index is 0.847. The zero-order chi connectivity index (χ0) is 11.7. The Labute approximate surface area is 105 Å². The molecule has 0 fully saturated rings. The summed E-state index contributed by atoms with van der Waals surface area (Å²) in [4.78, 5) is 5.43. The van der Waals surface area contributed by atoms with Gasteiger partial charge in [-0.3, -0.25) is 4.98 Å². The minimum absolute atomic E-state index is 0.847. The second-order valence-electron chi connectivity index (χ2n) is 3.98. The van der Waals surface area contributed by atoms with Gasteiger partial charge in [0.2, 0.25) is 0 Å². The molecule has 0 spiro atoms. The van der Waals surface area contributed by atoms with Gasteiger partial charge < -0.3 is 0 Å². The van der Waals surface area contributed by atoms with Crippen molar-refractivity contribution in [2.75, 3.05) is 0 Å². The third-order valence-electron chi connectivity index (χ3n) is 2.84. The lowest BCUT2D eigenvalue weighted by atomic mass is 9.97. The maximum atomic E-state index is 5.38. The topological polar surface area (TPSA) is 12.9 Å². The van der Waals surface area contributed by atoms with Gasteiger partial charge in [-0.2, -0.15) is 0 Å². The zero-order valence-corrected chi connectivity index (χ0v) is 10.00. The monoisotopic (exact) mass is 236 g/mol. The van der Waals surface area contributed by atoms with Crippen molar-refractivity contribution < 1.29 is 0 Å². The SMILES string of the molecule is S=C1CC=CC=C1c1cnc2cc[c]cc2c1. The summed E-state index contributed by atoms with van der Waals surface area (Å²) in [6.07, 6.45) is 8.92. The molecule has 0 aliphatic heterocycles. The molecular formula is C15H10NS.